The van der Waals surface area contributed by atoms with Gasteiger partial charge in [-0.1, -0.05) is 0 Å². The summed E-state index contributed by atoms with van der Waals surface area (Å²) in [7, 11) is 4.10. The number of rotatable bonds is 0. The molecule has 0 aliphatic carbocycles. The second-order valence-corrected chi connectivity index (χ2v) is 4.48. The van der Waals surface area contributed by atoms with Gasteiger partial charge in [-0.2, -0.15) is 0 Å². The van der Waals surface area contributed by atoms with Crippen molar-refractivity contribution in [1.82, 2.24) is 0 Å². The molecule has 2 heterocycles. The number of carbonyl (C=O) groups excluding carboxylic acids is 1. The maximum Gasteiger partial charge on any atom is 0.224 e. The first-order valence-electron chi connectivity index (χ1n) is 4.54. The highest BCUT2D eigenvalue weighted by Crippen LogP contribution is 2.38. The number of piperidine rings is 1. The number of Topliss-reactive ketones (excluding diaryl/α,β-unsaturated/α-hetero) is 1. The maximum atomic E-state index is 13.1. The van der Waals surface area contributed by atoms with Crippen molar-refractivity contribution in [3.8, 4) is 0 Å². The van der Waals surface area contributed by atoms with Gasteiger partial charge in [0.15, 0.2) is 12.2 Å². The van der Waals surface area contributed by atoms with Crippen LogP contribution in [0.3, 0.4) is 0 Å². The molecule has 2 bridgehead atoms. The first-order chi connectivity index (χ1) is 5.53. The Morgan fingerprint density at radius 1 is 1.42 bits per heavy atom. The smallest absolute Gasteiger partial charge is 0.224 e. The molecule has 2 rings (SSSR count). The second kappa shape index (κ2) is 2.28. The van der Waals surface area contributed by atoms with Crippen molar-refractivity contribution < 1.29 is 13.7 Å². The third-order valence-electron chi connectivity index (χ3n) is 3.63. The average Bonchev–Trinajstić information content (AvgIpc) is 2.14. The Morgan fingerprint density at radius 3 is 2.75 bits per heavy atom. The van der Waals surface area contributed by atoms with Crippen LogP contribution in [0.15, 0.2) is 0 Å². The lowest BCUT2D eigenvalue weighted by atomic mass is 9.98. The zero-order valence-electron chi connectivity index (χ0n) is 7.59. The van der Waals surface area contributed by atoms with Gasteiger partial charge in [0.25, 0.3) is 0 Å². The summed E-state index contributed by atoms with van der Waals surface area (Å²) in [5, 5.41) is 0. The number of ketones is 1. The highest BCUT2D eigenvalue weighted by atomic mass is 19.1. The number of hydrogen-bond donors (Lipinski definition) is 0. The van der Waals surface area contributed by atoms with Gasteiger partial charge in [-0.15, -0.1) is 0 Å². The van der Waals surface area contributed by atoms with E-state index in [9.17, 15) is 9.18 Å². The number of likely N-dealkylation sites (N-methyl/N-ethyl adjacent to an activating group) is 1. The van der Waals surface area contributed by atoms with Crippen LogP contribution in [-0.4, -0.2) is 42.6 Å². The van der Waals surface area contributed by atoms with E-state index < -0.39 is 6.17 Å². The van der Waals surface area contributed by atoms with E-state index in [4.69, 9.17) is 0 Å². The molecule has 0 aromatic carbocycles. The van der Waals surface area contributed by atoms with E-state index in [1.165, 1.54) is 0 Å². The van der Waals surface area contributed by atoms with Crippen molar-refractivity contribution in [2.45, 2.75) is 37.5 Å². The zero-order chi connectivity index (χ0) is 8.93. The van der Waals surface area contributed by atoms with Crippen molar-refractivity contribution in [1.29, 1.82) is 0 Å². The van der Waals surface area contributed by atoms with Crippen molar-refractivity contribution in [2.24, 2.45) is 0 Å². The highest BCUT2D eigenvalue weighted by Gasteiger charge is 2.54. The lowest BCUT2D eigenvalue weighted by Gasteiger charge is -2.41. The topological polar surface area (TPSA) is 17.1 Å². The molecule has 68 valence electrons. The second-order valence-electron chi connectivity index (χ2n) is 4.48. The van der Waals surface area contributed by atoms with Crippen molar-refractivity contribution in [3.63, 3.8) is 0 Å². The van der Waals surface area contributed by atoms with Crippen LogP contribution in [0.2, 0.25) is 0 Å². The Labute approximate surface area is 71.9 Å². The Kier molecular flexibility index (Phi) is 1.55. The van der Waals surface area contributed by atoms with Gasteiger partial charge in [-0.05, 0) is 0 Å². The summed E-state index contributed by atoms with van der Waals surface area (Å²) in [4.78, 5) is 11.4. The summed E-state index contributed by atoms with van der Waals surface area (Å²) in [5.74, 6) is -0.159. The minimum absolute atomic E-state index is 0.0567. The third kappa shape index (κ3) is 0.859. The monoisotopic (exact) mass is 172 g/mol. The summed E-state index contributed by atoms with van der Waals surface area (Å²) in [6, 6.07) is 0.321. The quantitative estimate of drug-likeness (QED) is 0.496. The molecule has 2 aliphatic heterocycles. The predicted octanol–water partition coefficient (Wildman–Crippen LogP) is 0.905. The number of hydrogen-bond acceptors (Lipinski definition) is 1. The largest absolute Gasteiger partial charge is 0.317 e. The van der Waals surface area contributed by atoms with Gasteiger partial charge in [0.2, 0.25) is 5.78 Å². The molecule has 0 aromatic heterocycles. The molecule has 2 nitrogen and oxygen atoms in total. The molecule has 3 heteroatoms. The fraction of sp³-hybridized carbons (Fsp3) is 0.889. The molecular weight excluding hydrogens is 157 g/mol. The molecule has 0 radical (unpaired) electrons. The van der Waals surface area contributed by atoms with Crippen molar-refractivity contribution in [3.05, 3.63) is 0 Å². The van der Waals surface area contributed by atoms with E-state index in [1.807, 2.05) is 14.1 Å². The minimum atomic E-state index is -1.17. The van der Waals surface area contributed by atoms with Crippen LogP contribution in [0.4, 0.5) is 4.39 Å². The van der Waals surface area contributed by atoms with Crippen LogP contribution in [0.5, 0.6) is 0 Å². The number of halogens is 1. The molecule has 3 atom stereocenters. The first-order valence-corrected chi connectivity index (χ1v) is 4.54. The zero-order valence-corrected chi connectivity index (χ0v) is 7.59. The Hall–Kier alpha value is -0.440. The molecule has 0 N–H and O–H groups in total. The fourth-order valence-electron chi connectivity index (χ4n) is 2.69. The molecule has 2 fully saturated rings. The molecule has 0 saturated carbocycles. The molecular formula is C9H15FNO+. The molecule has 0 aromatic rings. The van der Waals surface area contributed by atoms with Gasteiger partial charge >= 0.3 is 0 Å². The van der Waals surface area contributed by atoms with E-state index in [0.29, 0.717) is 12.5 Å². The van der Waals surface area contributed by atoms with E-state index in [2.05, 4.69) is 0 Å². The van der Waals surface area contributed by atoms with Gasteiger partial charge in [0.05, 0.1) is 20.1 Å². The van der Waals surface area contributed by atoms with Crippen LogP contribution in [0, 0.1) is 0 Å². The summed E-state index contributed by atoms with van der Waals surface area (Å²) in [6.45, 7) is 0. The Balaban J connectivity index is 2.32. The minimum Gasteiger partial charge on any atom is -0.317 e. The third-order valence-corrected chi connectivity index (χ3v) is 3.63. The number of quaternary nitrogens is 1. The van der Waals surface area contributed by atoms with Crippen LogP contribution in [0.25, 0.3) is 0 Å². The fourth-order valence-corrected chi connectivity index (χ4v) is 2.69. The summed E-state index contributed by atoms with van der Waals surface area (Å²) >= 11 is 0. The molecule has 12 heavy (non-hydrogen) atoms. The molecule has 1 unspecified atom stereocenters. The number of nitrogens with zero attached hydrogens (tertiary/aromatic N) is 1. The Bertz CT molecular complexity index is 227. The lowest BCUT2D eigenvalue weighted by Crippen LogP contribution is -2.59. The van der Waals surface area contributed by atoms with Gasteiger partial charge in [-0.25, -0.2) is 4.39 Å². The van der Waals surface area contributed by atoms with Gasteiger partial charge < -0.3 is 4.48 Å². The van der Waals surface area contributed by atoms with Crippen LogP contribution >= 0.6 is 0 Å². The van der Waals surface area contributed by atoms with Crippen LogP contribution in [-0.2, 0) is 4.79 Å². The molecule has 2 saturated heterocycles. The molecule has 2 aliphatic rings. The lowest BCUT2D eigenvalue weighted by molar-refractivity contribution is -0.920. The Morgan fingerprint density at radius 2 is 2.08 bits per heavy atom. The summed E-state index contributed by atoms with van der Waals surface area (Å²) in [5.41, 5.74) is 0. The van der Waals surface area contributed by atoms with Gasteiger partial charge in [-0.3, -0.25) is 4.79 Å². The SMILES string of the molecule is C[N+]1(C)[C@@H]2CC[C@H]1C(=O)C(F)C2. The van der Waals surface area contributed by atoms with Gasteiger partial charge in [0.1, 0.15) is 0 Å². The normalized spacial score (nSPS) is 44.9. The van der Waals surface area contributed by atoms with E-state index in [1.54, 1.807) is 0 Å². The van der Waals surface area contributed by atoms with E-state index in [0.717, 1.165) is 17.3 Å². The first kappa shape index (κ1) is 8.17. The number of fused-ring (bicyclic) bond motifs is 2. The maximum absolute atomic E-state index is 13.1. The number of carbonyl (C=O) groups is 1. The summed E-state index contributed by atoms with van der Waals surface area (Å²) in [6.07, 6.45) is 1.18. The molecule has 0 spiro atoms. The summed E-state index contributed by atoms with van der Waals surface area (Å²) < 4.78 is 13.8. The van der Waals surface area contributed by atoms with Crippen molar-refractivity contribution in [2.75, 3.05) is 14.1 Å². The standard InChI is InChI=1S/C9H15FNO/c1-11(2)6-3-4-8(11)9(12)7(10)5-6/h6-8H,3-5H2,1-2H3/q+1/t6-,7?,8+/m1/s1. The van der Waals surface area contributed by atoms with Crippen molar-refractivity contribution >= 4 is 5.78 Å². The van der Waals surface area contributed by atoms with E-state index in [-0.39, 0.29) is 11.8 Å². The predicted molar refractivity (Wildman–Crippen MR) is 43.4 cm³/mol. The van der Waals surface area contributed by atoms with Gasteiger partial charge in [0, 0.05) is 19.3 Å². The number of alkyl halides is 1. The van der Waals surface area contributed by atoms with Crippen LogP contribution in [0.1, 0.15) is 19.3 Å². The molecule has 0 amide bonds. The van der Waals surface area contributed by atoms with E-state index >= 15 is 0 Å². The average molecular weight is 172 g/mol. The highest BCUT2D eigenvalue weighted by molar-refractivity contribution is 5.88. The van der Waals surface area contributed by atoms with Crippen LogP contribution < -0.4 is 0 Å².